The molecule has 2 rings (SSSR count). The Balaban J connectivity index is 2.59. The summed E-state index contributed by atoms with van der Waals surface area (Å²) < 4.78 is 52.5. The second-order valence-electron chi connectivity index (χ2n) is 6.77. The van der Waals surface area contributed by atoms with Gasteiger partial charge in [-0.2, -0.15) is 0 Å². The van der Waals surface area contributed by atoms with Crippen molar-refractivity contribution in [3.63, 3.8) is 0 Å². The number of halogens is 2. The maximum Gasteiger partial charge on any atom is 0.352 e. The van der Waals surface area contributed by atoms with Gasteiger partial charge in [0.2, 0.25) is 9.84 Å². The molecule has 0 bridgehead atoms. The van der Waals surface area contributed by atoms with E-state index in [9.17, 15) is 37.3 Å². The Hall–Kier alpha value is -2.52. The molecule has 0 saturated heterocycles. The lowest BCUT2D eigenvalue weighted by Gasteiger charge is -2.33. The minimum absolute atomic E-state index is 0.0865. The Labute approximate surface area is 154 Å². The van der Waals surface area contributed by atoms with Crippen LogP contribution in [0.3, 0.4) is 0 Å². The predicted octanol–water partition coefficient (Wildman–Crippen LogP) is 2.59. The Bertz CT molecular complexity index is 987. The van der Waals surface area contributed by atoms with E-state index >= 15 is 0 Å². The van der Waals surface area contributed by atoms with Crippen molar-refractivity contribution in [2.45, 2.75) is 35.5 Å². The van der Waals surface area contributed by atoms with Crippen LogP contribution in [0.2, 0.25) is 0 Å². The molecule has 0 aliphatic rings. The number of sulfone groups is 1. The smallest absolute Gasteiger partial charge is 0.352 e. The van der Waals surface area contributed by atoms with E-state index in [1.807, 2.05) is 0 Å². The molecule has 2 aromatic rings. The van der Waals surface area contributed by atoms with Crippen molar-refractivity contribution >= 4 is 15.8 Å². The number of hydrogen-bond acceptors (Lipinski definition) is 5. The van der Waals surface area contributed by atoms with Gasteiger partial charge in [0.15, 0.2) is 0 Å². The van der Waals surface area contributed by atoms with Gasteiger partial charge >= 0.3 is 5.97 Å². The molecule has 0 aromatic heterocycles. The van der Waals surface area contributed by atoms with E-state index in [1.54, 1.807) is 0 Å². The van der Waals surface area contributed by atoms with Crippen molar-refractivity contribution in [1.29, 1.82) is 0 Å². The van der Waals surface area contributed by atoms with Gasteiger partial charge in [0.05, 0.1) is 4.90 Å². The average Bonchev–Trinajstić information content (AvgIpc) is 2.56. The first-order valence-electron chi connectivity index (χ1n) is 7.76. The lowest BCUT2D eigenvalue weighted by molar-refractivity contribution is -0.151. The molecule has 0 spiro atoms. The molecular weight excluding hydrogens is 382 g/mol. The van der Waals surface area contributed by atoms with E-state index in [1.165, 1.54) is 13.8 Å². The van der Waals surface area contributed by atoms with E-state index in [2.05, 4.69) is 0 Å². The third-order valence-corrected chi connectivity index (χ3v) is 6.34. The zero-order chi connectivity index (χ0) is 20.6. The summed E-state index contributed by atoms with van der Waals surface area (Å²) in [5, 5.41) is 30.1. The van der Waals surface area contributed by atoms with Gasteiger partial charge in [-0.15, -0.1) is 0 Å². The molecule has 0 radical (unpaired) electrons. The maximum absolute atomic E-state index is 13.6. The lowest BCUT2D eigenvalue weighted by atomic mass is 9.79. The van der Waals surface area contributed by atoms with Gasteiger partial charge in [0, 0.05) is 12.0 Å². The van der Waals surface area contributed by atoms with Crippen molar-refractivity contribution in [1.82, 2.24) is 0 Å². The number of phenols is 1. The molecule has 0 saturated carbocycles. The molecule has 146 valence electrons. The van der Waals surface area contributed by atoms with E-state index in [4.69, 9.17) is 0 Å². The van der Waals surface area contributed by atoms with Gasteiger partial charge in [0.1, 0.15) is 17.4 Å². The summed E-state index contributed by atoms with van der Waals surface area (Å²) in [7, 11) is -4.95. The molecule has 0 amide bonds. The van der Waals surface area contributed by atoms with Crippen molar-refractivity contribution in [2.24, 2.45) is 0 Å². The highest BCUT2D eigenvalue weighted by atomic mass is 32.2. The van der Waals surface area contributed by atoms with E-state index in [0.717, 1.165) is 36.4 Å². The summed E-state index contributed by atoms with van der Waals surface area (Å²) in [6.45, 7) is 2.69. The van der Waals surface area contributed by atoms with Crippen LogP contribution < -0.4 is 0 Å². The summed E-state index contributed by atoms with van der Waals surface area (Å²) >= 11 is 0. The number of aromatic hydroxyl groups is 1. The highest BCUT2D eigenvalue weighted by molar-refractivity contribution is 7.93. The van der Waals surface area contributed by atoms with Crippen molar-refractivity contribution < 1.29 is 37.3 Å². The molecule has 2 aromatic carbocycles. The Morgan fingerprint density at radius 2 is 1.67 bits per heavy atom. The van der Waals surface area contributed by atoms with Crippen LogP contribution in [0.4, 0.5) is 8.78 Å². The van der Waals surface area contributed by atoms with Gasteiger partial charge in [-0.1, -0.05) is 19.9 Å². The van der Waals surface area contributed by atoms with E-state index < -0.39 is 54.9 Å². The molecular formula is C18H18F2O6S. The third-order valence-electron chi connectivity index (χ3n) is 4.25. The summed E-state index contributed by atoms with van der Waals surface area (Å²) in [5.41, 5.74) is -1.56. The van der Waals surface area contributed by atoms with Crippen molar-refractivity contribution in [2.75, 3.05) is 0 Å². The number of rotatable bonds is 6. The second-order valence-corrected chi connectivity index (χ2v) is 8.93. The minimum Gasteiger partial charge on any atom is -0.508 e. The van der Waals surface area contributed by atoms with Gasteiger partial charge in [0.25, 0.3) is 4.93 Å². The molecule has 0 heterocycles. The fraction of sp³-hybridized carbons (Fsp3) is 0.278. The third kappa shape index (κ3) is 3.79. The molecule has 0 fully saturated rings. The topological polar surface area (TPSA) is 112 Å². The number of aliphatic carboxylic acids is 1. The number of aliphatic hydroxyl groups is 1. The van der Waals surface area contributed by atoms with Gasteiger partial charge in [-0.25, -0.2) is 22.0 Å². The molecule has 6 nitrogen and oxygen atoms in total. The molecule has 0 aliphatic carbocycles. The fourth-order valence-corrected chi connectivity index (χ4v) is 4.56. The molecule has 3 N–H and O–H groups in total. The first kappa shape index (κ1) is 20.8. The molecule has 9 heteroatoms. The Morgan fingerprint density at radius 3 is 2.22 bits per heavy atom. The number of carboxylic acid groups (broad SMARTS) is 1. The summed E-state index contributed by atoms with van der Waals surface area (Å²) in [6, 6.07) is 6.51. The Kier molecular flexibility index (Phi) is 5.31. The monoisotopic (exact) mass is 400 g/mol. The van der Waals surface area contributed by atoms with E-state index in [-0.39, 0.29) is 5.56 Å². The number of benzene rings is 2. The first-order valence-corrected chi connectivity index (χ1v) is 9.24. The molecule has 27 heavy (non-hydrogen) atoms. The van der Waals surface area contributed by atoms with E-state index in [0.29, 0.717) is 6.07 Å². The van der Waals surface area contributed by atoms with Crippen LogP contribution >= 0.6 is 0 Å². The highest BCUT2D eigenvalue weighted by Gasteiger charge is 2.54. The fourth-order valence-electron chi connectivity index (χ4n) is 2.86. The second kappa shape index (κ2) is 6.90. The van der Waals surface area contributed by atoms with Crippen molar-refractivity contribution in [3.05, 3.63) is 59.7 Å². The van der Waals surface area contributed by atoms with Crippen LogP contribution in [0.15, 0.2) is 47.4 Å². The van der Waals surface area contributed by atoms with Crippen LogP contribution in [-0.2, 0) is 20.0 Å². The maximum atomic E-state index is 13.6. The standard InChI is InChI=1S/C18H18F2O6S/c1-17(2,14-9-12(20)6-7-15(14)21)10-18(24,16(22)23)27(25,26)13-5-3-4-11(19)8-13/h3-9,21,24H,10H2,1-2H3,(H,22,23). The molecule has 1 unspecified atom stereocenters. The summed E-state index contributed by atoms with van der Waals surface area (Å²) in [6.07, 6.45) is -0.925. The number of hydrogen-bond donors (Lipinski definition) is 3. The highest BCUT2D eigenvalue weighted by Crippen LogP contribution is 2.41. The van der Waals surface area contributed by atoms with Crippen LogP contribution in [0.1, 0.15) is 25.8 Å². The van der Waals surface area contributed by atoms with Crippen LogP contribution in [0.5, 0.6) is 5.75 Å². The average molecular weight is 400 g/mol. The predicted molar refractivity (Wildman–Crippen MR) is 91.9 cm³/mol. The zero-order valence-corrected chi connectivity index (χ0v) is 15.3. The number of phenolic OH excluding ortho intramolecular Hbond substituents is 1. The van der Waals surface area contributed by atoms with Crippen LogP contribution in [0, 0.1) is 11.6 Å². The summed E-state index contributed by atoms with van der Waals surface area (Å²) in [4.78, 5) is 7.67. The number of carboxylic acids is 1. The number of carbonyl (C=O) groups is 1. The van der Waals surface area contributed by atoms with Crippen LogP contribution in [-0.4, -0.2) is 34.6 Å². The van der Waals surface area contributed by atoms with Crippen LogP contribution in [0.25, 0.3) is 0 Å². The SMILES string of the molecule is CC(C)(CC(O)(C(=O)O)S(=O)(=O)c1cccc(F)c1)c1cc(F)ccc1O. The lowest BCUT2D eigenvalue weighted by Crippen LogP contribution is -2.50. The summed E-state index contributed by atoms with van der Waals surface area (Å²) in [5.74, 6) is -4.12. The molecule has 1 atom stereocenters. The largest absolute Gasteiger partial charge is 0.508 e. The van der Waals surface area contributed by atoms with Gasteiger partial charge < -0.3 is 15.3 Å². The van der Waals surface area contributed by atoms with Gasteiger partial charge in [-0.3, -0.25) is 0 Å². The molecule has 0 aliphatic heterocycles. The van der Waals surface area contributed by atoms with Crippen molar-refractivity contribution in [3.8, 4) is 5.75 Å². The zero-order valence-electron chi connectivity index (χ0n) is 14.5. The van der Waals surface area contributed by atoms with Gasteiger partial charge in [-0.05, 0) is 41.8 Å². The quantitative estimate of drug-likeness (QED) is 0.687. The minimum atomic E-state index is -4.95. The Morgan fingerprint density at radius 1 is 1.07 bits per heavy atom. The normalized spacial score (nSPS) is 14.6. The first-order chi connectivity index (χ1) is 12.3.